The van der Waals surface area contributed by atoms with Gasteiger partial charge in [0.1, 0.15) is 5.82 Å². The van der Waals surface area contributed by atoms with E-state index in [-0.39, 0.29) is 18.4 Å². The topological polar surface area (TPSA) is 74.7 Å². The minimum Gasteiger partial charge on any atom is -0.481 e. The highest BCUT2D eigenvalue weighted by Gasteiger charge is 2.23. The lowest BCUT2D eigenvalue weighted by atomic mass is 9.96. The van der Waals surface area contributed by atoms with Crippen molar-refractivity contribution in [1.82, 2.24) is 9.88 Å². The van der Waals surface area contributed by atoms with Crippen LogP contribution in [0.15, 0.2) is 42.5 Å². The zero-order valence-corrected chi connectivity index (χ0v) is 18.1. The van der Waals surface area contributed by atoms with Crippen LogP contribution < -0.4 is 5.32 Å². The summed E-state index contributed by atoms with van der Waals surface area (Å²) in [5, 5.41) is 12.7. The van der Waals surface area contributed by atoms with Gasteiger partial charge < -0.3 is 20.1 Å². The summed E-state index contributed by atoms with van der Waals surface area (Å²) in [5.41, 5.74) is 3.50. The number of hydrogen-bond acceptors (Lipinski definition) is 5. The van der Waals surface area contributed by atoms with Crippen molar-refractivity contribution in [3.8, 4) is 0 Å². The highest BCUT2D eigenvalue weighted by atomic mass is 16.5. The Bertz CT molecular complexity index is 858. The van der Waals surface area contributed by atoms with E-state index in [1.807, 2.05) is 30.3 Å². The van der Waals surface area contributed by atoms with Crippen LogP contribution in [0.1, 0.15) is 48.4 Å². The molecule has 4 rings (SSSR count). The van der Waals surface area contributed by atoms with Gasteiger partial charge in [0.15, 0.2) is 0 Å². The zero-order valence-electron chi connectivity index (χ0n) is 18.1. The van der Waals surface area contributed by atoms with Gasteiger partial charge in [-0.05, 0) is 49.4 Å². The van der Waals surface area contributed by atoms with Gasteiger partial charge >= 0.3 is 5.97 Å². The number of hydrogen-bond donors (Lipinski definition) is 2. The Morgan fingerprint density at radius 2 is 2.10 bits per heavy atom. The molecule has 2 atom stereocenters. The lowest BCUT2D eigenvalue weighted by Crippen LogP contribution is -2.41. The maximum absolute atomic E-state index is 11.3. The van der Waals surface area contributed by atoms with Gasteiger partial charge in [0.05, 0.1) is 19.1 Å². The normalized spacial score (nSPS) is 19.9. The van der Waals surface area contributed by atoms with Gasteiger partial charge in [-0.25, -0.2) is 4.98 Å². The number of benzene rings is 1. The van der Waals surface area contributed by atoms with E-state index in [0.29, 0.717) is 6.61 Å². The van der Waals surface area contributed by atoms with Crippen molar-refractivity contribution in [1.29, 1.82) is 0 Å². The molecule has 1 aromatic carbocycles. The molecule has 1 aromatic heterocycles. The van der Waals surface area contributed by atoms with Crippen molar-refractivity contribution in [2.24, 2.45) is 0 Å². The average Bonchev–Trinajstić information content (AvgIpc) is 2.81. The average molecular weight is 424 g/mol. The van der Waals surface area contributed by atoms with E-state index in [0.717, 1.165) is 68.9 Å². The molecule has 0 aliphatic carbocycles. The first kappa shape index (κ1) is 21.8. The number of carbonyl (C=O) groups is 1. The molecule has 1 fully saturated rings. The van der Waals surface area contributed by atoms with Crippen LogP contribution in [0.4, 0.5) is 5.82 Å². The SMILES string of the molecule is O=C(O)C[C@H](CO[C@@H]1CCCN(CCc2ccc3c(n2)NCCC3)C1)c1ccccc1. The number of anilines is 1. The summed E-state index contributed by atoms with van der Waals surface area (Å²) in [7, 11) is 0. The van der Waals surface area contributed by atoms with Crippen molar-refractivity contribution >= 4 is 11.8 Å². The first-order chi connectivity index (χ1) is 15.2. The van der Waals surface area contributed by atoms with E-state index in [9.17, 15) is 9.90 Å². The number of aliphatic carboxylic acids is 1. The maximum atomic E-state index is 11.3. The molecule has 0 amide bonds. The van der Waals surface area contributed by atoms with Gasteiger partial charge in [-0.2, -0.15) is 0 Å². The maximum Gasteiger partial charge on any atom is 0.304 e. The van der Waals surface area contributed by atoms with E-state index in [2.05, 4.69) is 22.3 Å². The number of nitrogens with one attached hydrogen (secondary N) is 1. The fourth-order valence-corrected chi connectivity index (χ4v) is 4.59. The summed E-state index contributed by atoms with van der Waals surface area (Å²) in [6, 6.07) is 14.2. The van der Waals surface area contributed by atoms with Crippen LogP contribution in [0.2, 0.25) is 0 Å². The monoisotopic (exact) mass is 423 g/mol. The molecular weight excluding hydrogens is 390 g/mol. The zero-order chi connectivity index (χ0) is 21.5. The standard InChI is InChI=1S/C25H33N3O3/c29-24(30)16-21(19-6-2-1-3-7-19)18-31-23-9-5-14-28(17-23)15-12-22-11-10-20-8-4-13-26-25(20)27-22/h1-3,6-7,10-11,21,23H,4-5,8-9,12-18H2,(H,26,27)(H,29,30)/t21-,23-/m1/s1. The van der Waals surface area contributed by atoms with Crippen molar-refractivity contribution in [2.45, 2.75) is 50.5 Å². The van der Waals surface area contributed by atoms with Crippen LogP contribution in [0, 0.1) is 0 Å². The number of rotatable bonds is 9. The molecule has 0 bridgehead atoms. The van der Waals surface area contributed by atoms with Gasteiger partial charge in [0.2, 0.25) is 0 Å². The van der Waals surface area contributed by atoms with Crippen LogP contribution in [-0.2, 0) is 22.4 Å². The van der Waals surface area contributed by atoms with Crippen LogP contribution in [0.3, 0.4) is 0 Å². The second-order valence-corrected chi connectivity index (χ2v) is 8.69. The number of carboxylic acid groups (broad SMARTS) is 1. The lowest BCUT2D eigenvalue weighted by Gasteiger charge is -2.33. The number of fused-ring (bicyclic) bond motifs is 1. The van der Waals surface area contributed by atoms with Gasteiger partial charge in [-0.3, -0.25) is 4.79 Å². The Hall–Kier alpha value is -2.44. The van der Waals surface area contributed by atoms with Crippen LogP contribution >= 0.6 is 0 Å². The molecule has 2 aliphatic heterocycles. The number of nitrogens with zero attached hydrogens (tertiary/aromatic N) is 2. The molecule has 6 heteroatoms. The molecule has 1 saturated heterocycles. The second-order valence-electron chi connectivity index (χ2n) is 8.69. The van der Waals surface area contributed by atoms with Crippen molar-refractivity contribution in [3.63, 3.8) is 0 Å². The van der Waals surface area contributed by atoms with E-state index < -0.39 is 5.97 Å². The van der Waals surface area contributed by atoms with Gasteiger partial charge in [-0.1, -0.05) is 36.4 Å². The molecule has 3 heterocycles. The molecule has 2 aromatic rings. The van der Waals surface area contributed by atoms with Gasteiger partial charge in [0, 0.05) is 37.7 Å². The molecule has 0 unspecified atom stereocenters. The number of pyridine rings is 1. The summed E-state index contributed by atoms with van der Waals surface area (Å²) in [6.45, 7) is 4.42. The summed E-state index contributed by atoms with van der Waals surface area (Å²) < 4.78 is 6.23. The van der Waals surface area contributed by atoms with Gasteiger partial charge in [-0.15, -0.1) is 0 Å². The Labute approximate surface area is 184 Å². The summed E-state index contributed by atoms with van der Waals surface area (Å²) in [4.78, 5) is 18.6. The van der Waals surface area contributed by atoms with E-state index in [1.165, 1.54) is 12.0 Å². The minimum absolute atomic E-state index is 0.0957. The molecule has 0 spiro atoms. The van der Waals surface area contributed by atoms with Gasteiger partial charge in [0.25, 0.3) is 0 Å². The molecule has 6 nitrogen and oxygen atoms in total. The Kier molecular flexibility index (Phi) is 7.54. The van der Waals surface area contributed by atoms with Crippen LogP contribution in [0.25, 0.3) is 0 Å². The van der Waals surface area contributed by atoms with E-state index >= 15 is 0 Å². The predicted octanol–water partition coefficient (Wildman–Crippen LogP) is 3.72. The fraction of sp³-hybridized carbons (Fsp3) is 0.520. The summed E-state index contributed by atoms with van der Waals surface area (Å²) >= 11 is 0. The fourth-order valence-electron chi connectivity index (χ4n) is 4.59. The first-order valence-corrected chi connectivity index (χ1v) is 11.5. The largest absolute Gasteiger partial charge is 0.481 e. The molecular formula is C25H33N3O3. The number of ether oxygens (including phenoxy) is 1. The van der Waals surface area contributed by atoms with Crippen LogP contribution in [0.5, 0.6) is 0 Å². The highest BCUT2D eigenvalue weighted by Crippen LogP contribution is 2.23. The first-order valence-electron chi connectivity index (χ1n) is 11.5. The van der Waals surface area contributed by atoms with Crippen molar-refractivity contribution < 1.29 is 14.6 Å². The number of aryl methyl sites for hydroxylation is 1. The van der Waals surface area contributed by atoms with Crippen molar-refractivity contribution in [2.75, 3.05) is 38.1 Å². The van der Waals surface area contributed by atoms with E-state index in [4.69, 9.17) is 9.72 Å². The number of piperidine rings is 1. The molecule has 166 valence electrons. The third-order valence-electron chi connectivity index (χ3n) is 6.32. The molecule has 31 heavy (non-hydrogen) atoms. The molecule has 0 radical (unpaired) electrons. The van der Waals surface area contributed by atoms with Crippen LogP contribution in [-0.4, -0.2) is 59.8 Å². The number of likely N-dealkylation sites (tertiary alicyclic amines) is 1. The Balaban J connectivity index is 1.27. The summed E-state index contributed by atoms with van der Waals surface area (Å²) in [5.74, 6) is 0.171. The third-order valence-corrected chi connectivity index (χ3v) is 6.32. The number of aromatic nitrogens is 1. The molecule has 2 N–H and O–H groups in total. The number of carboxylic acids is 1. The minimum atomic E-state index is -0.783. The highest BCUT2D eigenvalue weighted by molar-refractivity contribution is 5.68. The Morgan fingerprint density at radius 3 is 2.94 bits per heavy atom. The quantitative estimate of drug-likeness (QED) is 0.640. The smallest absolute Gasteiger partial charge is 0.304 e. The molecule has 0 saturated carbocycles. The van der Waals surface area contributed by atoms with Crippen molar-refractivity contribution in [3.05, 3.63) is 59.3 Å². The molecule has 2 aliphatic rings. The third kappa shape index (κ3) is 6.28. The summed E-state index contributed by atoms with van der Waals surface area (Å²) in [6.07, 6.45) is 5.64. The second kappa shape index (κ2) is 10.7. The van der Waals surface area contributed by atoms with E-state index in [1.54, 1.807) is 0 Å². The predicted molar refractivity (Wildman–Crippen MR) is 122 cm³/mol. The Morgan fingerprint density at radius 1 is 1.23 bits per heavy atom. The lowest BCUT2D eigenvalue weighted by molar-refractivity contribution is -0.138.